The van der Waals surface area contributed by atoms with Gasteiger partial charge in [-0.05, 0) is 57.8 Å². The fourth-order valence-electron chi connectivity index (χ4n) is 5.57. The van der Waals surface area contributed by atoms with E-state index < -0.39 is 51.1 Å². The van der Waals surface area contributed by atoms with Crippen molar-refractivity contribution in [2.24, 2.45) is 5.73 Å². The summed E-state index contributed by atoms with van der Waals surface area (Å²) in [5, 5.41) is 8.87. The summed E-state index contributed by atoms with van der Waals surface area (Å²) in [5.41, 5.74) is 5.32. The summed E-state index contributed by atoms with van der Waals surface area (Å²) in [6.07, 6.45) is 36.7. The molecule has 3 atom stereocenters. The van der Waals surface area contributed by atoms with Crippen LogP contribution in [0.3, 0.4) is 0 Å². The number of carboxylic acids is 1. The molecule has 0 aromatic rings. The first-order chi connectivity index (χ1) is 25.6. The first-order valence-corrected chi connectivity index (χ1v) is 22.4. The van der Waals surface area contributed by atoms with Crippen LogP contribution in [-0.2, 0) is 37.5 Å². The molecule has 0 aromatic carbocycles. The Hall–Kier alpha value is -2.04. The standard InChI is InChI=1S/C41H76NO10P/c1-3-5-7-9-11-13-15-16-17-18-19-20-21-23-25-27-29-31-33-40(44)52-37(35-50-53(47,48)51-36-38(42)41(45)46)34-49-39(43)32-30-28-26-24-22-14-12-10-8-6-4-2/h10,12,17-18,37-38H,3-9,11,13-16,19-36,42H2,1-2H3,(H,45,46)(H,47,48)/b12-10-,18-17-. The van der Waals surface area contributed by atoms with Crippen molar-refractivity contribution in [2.75, 3.05) is 19.8 Å². The van der Waals surface area contributed by atoms with Gasteiger partial charge in [-0.15, -0.1) is 0 Å². The molecule has 11 nitrogen and oxygen atoms in total. The Bertz CT molecular complexity index is 1010. The number of allylic oxidation sites excluding steroid dienone is 4. The van der Waals surface area contributed by atoms with Crippen LogP contribution in [0.15, 0.2) is 24.3 Å². The minimum atomic E-state index is -4.71. The van der Waals surface area contributed by atoms with Gasteiger partial charge in [0.25, 0.3) is 0 Å². The Kier molecular flexibility index (Phi) is 35.5. The van der Waals surface area contributed by atoms with Gasteiger partial charge < -0.3 is 25.2 Å². The van der Waals surface area contributed by atoms with Crippen LogP contribution < -0.4 is 5.73 Å². The van der Waals surface area contributed by atoms with Crippen LogP contribution in [0.1, 0.15) is 187 Å². The lowest BCUT2D eigenvalue weighted by molar-refractivity contribution is -0.161. The molecule has 0 aromatic heterocycles. The first kappa shape index (κ1) is 51.0. The molecule has 0 spiro atoms. The summed E-state index contributed by atoms with van der Waals surface area (Å²) < 4.78 is 32.6. The van der Waals surface area contributed by atoms with Crippen LogP contribution in [0, 0.1) is 0 Å². The molecule has 0 rings (SSSR count). The second-order valence-corrected chi connectivity index (χ2v) is 15.6. The number of nitrogens with two attached hydrogens (primary N) is 1. The number of hydrogen-bond acceptors (Lipinski definition) is 9. The molecular weight excluding hydrogens is 697 g/mol. The molecule has 310 valence electrons. The quantitative estimate of drug-likeness (QED) is 0.0235. The molecule has 0 saturated heterocycles. The Labute approximate surface area is 321 Å². The van der Waals surface area contributed by atoms with Crippen molar-refractivity contribution in [2.45, 2.75) is 199 Å². The van der Waals surface area contributed by atoms with E-state index in [9.17, 15) is 23.8 Å². The largest absolute Gasteiger partial charge is 0.480 e. The second kappa shape index (κ2) is 36.9. The lowest BCUT2D eigenvalue weighted by Crippen LogP contribution is -2.34. The van der Waals surface area contributed by atoms with Gasteiger partial charge in [0.15, 0.2) is 6.10 Å². The SMILES string of the molecule is CCCC/C=C\CCCCCCCC(=O)OCC(COP(=O)(O)OCC(N)C(=O)O)OC(=O)CCCCCCCCC/C=C\CCCCCCCCC. The maximum atomic E-state index is 12.6. The average Bonchev–Trinajstić information content (AvgIpc) is 3.13. The molecule has 4 N–H and O–H groups in total. The molecule has 0 saturated carbocycles. The van der Waals surface area contributed by atoms with Gasteiger partial charge in [0, 0.05) is 12.8 Å². The van der Waals surface area contributed by atoms with Gasteiger partial charge in [0.05, 0.1) is 13.2 Å². The Morgan fingerprint density at radius 3 is 1.43 bits per heavy atom. The third-order valence-corrected chi connectivity index (χ3v) is 9.87. The lowest BCUT2D eigenvalue weighted by Gasteiger charge is -2.20. The number of hydrogen-bond donors (Lipinski definition) is 3. The Morgan fingerprint density at radius 1 is 0.566 bits per heavy atom. The fraction of sp³-hybridized carbons (Fsp3) is 0.829. The smallest absolute Gasteiger partial charge is 0.472 e. The topological polar surface area (TPSA) is 172 Å². The van der Waals surface area contributed by atoms with Crippen LogP contribution in [0.2, 0.25) is 0 Å². The van der Waals surface area contributed by atoms with Gasteiger partial charge in [-0.1, -0.05) is 141 Å². The van der Waals surface area contributed by atoms with E-state index in [1.807, 2.05) is 0 Å². The molecule has 0 aliphatic rings. The number of phosphoric acid groups is 1. The second-order valence-electron chi connectivity index (χ2n) is 14.1. The third kappa shape index (κ3) is 36.7. The van der Waals surface area contributed by atoms with Gasteiger partial charge in [-0.2, -0.15) is 0 Å². The minimum Gasteiger partial charge on any atom is -0.480 e. The van der Waals surface area contributed by atoms with E-state index in [0.717, 1.165) is 70.6 Å². The number of carbonyl (C=O) groups excluding carboxylic acids is 2. The monoisotopic (exact) mass is 774 g/mol. The van der Waals surface area contributed by atoms with Crippen molar-refractivity contribution < 1.29 is 47.5 Å². The molecule has 0 aliphatic heterocycles. The minimum absolute atomic E-state index is 0.156. The first-order valence-electron chi connectivity index (χ1n) is 20.9. The van der Waals surface area contributed by atoms with E-state index >= 15 is 0 Å². The summed E-state index contributed by atoms with van der Waals surface area (Å²) in [6.45, 7) is 2.74. The molecule has 0 bridgehead atoms. The van der Waals surface area contributed by atoms with Gasteiger partial charge in [0.1, 0.15) is 12.6 Å². The van der Waals surface area contributed by atoms with Crippen LogP contribution >= 0.6 is 7.82 Å². The van der Waals surface area contributed by atoms with E-state index in [2.05, 4.69) is 42.7 Å². The maximum absolute atomic E-state index is 12.6. The van der Waals surface area contributed by atoms with Crippen LogP contribution in [0.4, 0.5) is 0 Å². The maximum Gasteiger partial charge on any atom is 0.472 e. The van der Waals surface area contributed by atoms with Gasteiger partial charge in [-0.25, -0.2) is 4.57 Å². The van der Waals surface area contributed by atoms with Crippen molar-refractivity contribution in [3.63, 3.8) is 0 Å². The molecule has 0 amide bonds. The number of ether oxygens (including phenoxy) is 2. The number of unbranched alkanes of at least 4 members (excludes halogenated alkanes) is 21. The predicted molar refractivity (Wildman–Crippen MR) is 212 cm³/mol. The molecule has 0 aliphatic carbocycles. The van der Waals surface area contributed by atoms with Gasteiger partial charge >= 0.3 is 25.7 Å². The Balaban J connectivity index is 4.36. The molecule has 3 unspecified atom stereocenters. The van der Waals surface area contributed by atoms with Crippen LogP contribution in [0.25, 0.3) is 0 Å². The van der Waals surface area contributed by atoms with Gasteiger partial charge in [0.2, 0.25) is 0 Å². The fourth-order valence-corrected chi connectivity index (χ4v) is 6.35. The molecule has 53 heavy (non-hydrogen) atoms. The summed E-state index contributed by atoms with van der Waals surface area (Å²) in [5.74, 6) is -2.39. The highest BCUT2D eigenvalue weighted by Crippen LogP contribution is 2.43. The van der Waals surface area contributed by atoms with Crippen molar-refractivity contribution in [3.8, 4) is 0 Å². The zero-order valence-electron chi connectivity index (χ0n) is 33.4. The number of aliphatic carboxylic acids is 1. The third-order valence-electron chi connectivity index (χ3n) is 8.92. The normalized spacial score (nSPS) is 14.0. The predicted octanol–water partition coefficient (Wildman–Crippen LogP) is 10.7. The summed E-state index contributed by atoms with van der Waals surface area (Å²) >= 11 is 0. The van der Waals surface area contributed by atoms with Crippen molar-refractivity contribution in [1.82, 2.24) is 0 Å². The number of rotatable bonds is 39. The average molecular weight is 774 g/mol. The van der Waals surface area contributed by atoms with Crippen molar-refractivity contribution in [3.05, 3.63) is 24.3 Å². The van der Waals surface area contributed by atoms with Gasteiger partial charge in [-0.3, -0.25) is 23.4 Å². The lowest BCUT2D eigenvalue weighted by atomic mass is 10.1. The zero-order chi connectivity index (χ0) is 39.3. The molecule has 0 heterocycles. The van der Waals surface area contributed by atoms with E-state index in [0.29, 0.717) is 12.8 Å². The Morgan fingerprint density at radius 2 is 0.962 bits per heavy atom. The number of phosphoric ester groups is 1. The summed E-state index contributed by atoms with van der Waals surface area (Å²) in [4.78, 5) is 45.8. The molecular formula is C41H76NO10P. The number of carboxylic acid groups (broad SMARTS) is 1. The van der Waals surface area contributed by atoms with Crippen LogP contribution in [-0.4, -0.2) is 59.9 Å². The van der Waals surface area contributed by atoms with Crippen molar-refractivity contribution in [1.29, 1.82) is 0 Å². The van der Waals surface area contributed by atoms with E-state index in [1.165, 1.54) is 77.0 Å². The van der Waals surface area contributed by atoms with E-state index in [-0.39, 0.29) is 19.4 Å². The highest BCUT2D eigenvalue weighted by atomic mass is 31.2. The molecule has 0 radical (unpaired) electrons. The number of esters is 2. The van der Waals surface area contributed by atoms with Crippen LogP contribution in [0.5, 0.6) is 0 Å². The summed E-state index contributed by atoms with van der Waals surface area (Å²) in [7, 11) is -4.71. The molecule has 12 heteroatoms. The molecule has 0 fully saturated rings. The highest BCUT2D eigenvalue weighted by Gasteiger charge is 2.28. The highest BCUT2D eigenvalue weighted by molar-refractivity contribution is 7.47. The number of carbonyl (C=O) groups is 3. The van der Waals surface area contributed by atoms with E-state index in [4.69, 9.17) is 24.8 Å². The van der Waals surface area contributed by atoms with Crippen molar-refractivity contribution >= 4 is 25.7 Å². The summed E-state index contributed by atoms with van der Waals surface area (Å²) in [6, 6.07) is -1.52. The zero-order valence-corrected chi connectivity index (χ0v) is 34.3. The van der Waals surface area contributed by atoms with E-state index in [1.54, 1.807) is 0 Å².